The molecule has 1 rings (SSSR count). The SMILES string of the molecule is COC(=O)CCCCC(N)c1ccc(C(C)(C)C)s1. The Morgan fingerprint density at radius 3 is 2.58 bits per heavy atom. The number of carbonyl (C=O) groups is 1. The molecule has 0 aliphatic heterocycles. The Balaban J connectivity index is 2.39. The van der Waals surface area contributed by atoms with Crippen LogP contribution >= 0.6 is 11.3 Å². The summed E-state index contributed by atoms with van der Waals surface area (Å²) in [4.78, 5) is 13.6. The van der Waals surface area contributed by atoms with E-state index in [1.807, 2.05) is 0 Å². The van der Waals surface area contributed by atoms with E-state index in [1.165, 1.54) is 16.9 Å². The second kappa shape index (κ2) is 7.06. The van der Waals surface area contributed by atoms with Crippen molar-refractivity contribution < 1.29 is 9.53 Å². The first-order chi connectivity index (χ1) is 8.84. The molecule has 108 valence electrons. The van der Waals surface area contributed by atoms with Crippen LogP contribution in [0.3, 0.4) is 0 Å². The Hall–Kier alpha value is -0.870. The molecule has 0 bridgehead atoms. The van der Waals surface area contributed by atoms with Gasteiger partial charge in [-0.2, -0.15) is 0 Å². The van der Waals surface area contributed by atoms with Crippen LogP contribution in [0.25, 0.3) is 0 Å². The molecule has 0 saturated heterocycles. The summed E-state index contributed by atoms with van der Waals surface area (Å²) >= 11 is 1.80. The van der Waals surface area contributed by atoms with Crippen LogP contribution in [-0.4, -0.2) is 13.1 Å². The summed E-state index contributed by atoms with van der Waals surface area (Å²) in [6.07, 6.45) is 3.21. The number of hydrogen-bond acceptors (Lipinski definition) is 4. The highest BCUT2D eigenvalue weighted by molar-refractivity contribution is 7.12. The molecule has 0 aliphatic carbocycles. The second-order valence-corrected chi connectivity index (χ2v) is 7.00. The lowest BCUT2D eigenvalue weighted by molar-refractivity contribution is -0.140. The van der Waals surface area contributed by atoms with E-state index in [0.29, 0.717) is 6.42 Å². The van der Waals surface area contributed by atoms with Gasteiger partial charge in [0.2, 0.25) is 0 Å². The summed E-state index contributed by atoms with van der Waals surface area (Å²) in [5, 5.41) is 0. The van der Waals surface area contributed by atoms with Crippen LogP contribution in [0.4, 0.5) is 0 Å². The maximum atomic E-state index is 11.0. The molecule has 1 aromatic heterocycles. The lowest BCUT2D eigenvalue weighted by Gasteiger charge is -2.16. The molecule has 0 fully saturated rings. The van der Waals surface area contributed by atoms with Gasteiger partial charge < -0.3 is 10.5 Å². The summed E-state index contributed by atoms with van der Waals surface area (Å²) in [5.41, 5.74) is 6.38. The van der Waals surface area contributed by atoms with Crippen molar-refractivity contribution in [1.29, 1.82) is 0 Å². The predicted octanol–water partition coefficient (Wildman–Crippen LogP) is 3.78. The van der Waals surface area contributed by atoms with Gasteiger partial charge in [-0.3, -0.25) is 4.79 Å². The monoisotopic (exact) mass is 283 g/mol. The number of ether oxygens (including phenoxy) is 1. The van der Waals surface area contributed by atoms with Crippen LogP contribution in [0.5, 0.6) is 0 Å². The van der Waals surface area contributed by atoms with E-state index in [4.69, 9.17) is 5.73 Å². The first-order valence-electron chi connectivity index (χ1n) is 6.77. The molecule has 0 aliphatic rings. The van der Waals surface area contributed by atoms with E-state index in [9.17, 15) is 4.79 Å². The number of hydrogen-bond donors (Lipinski definition) is 1. The van der Waals surface area contributed by atoms with E-state index in [0.717, 1.165) is 19.3 Å². The summed E-state index contributed by atoms with van der Waals surface area (Å²) in [7, 11) is 1.42. The van der Waals surface area contributed by atoms with Crippen LogP contribution in [0.2, 0.25) is 0 Å². The van der Waals surface area contributed by atoms with E-state index in [-0.39, 0.29) is 17.4 Å². The Labute approximate surface area is 120 Å². The molecule has 19 heavy (non-hydrogen) atoms. The quantitative estimate of drug-likeness (QED) is 0.638. The van der Waals surface area contributed by atoms with Gasteiger partial charge in [0.1, 0.15) is 0 Å². The zero-order chi connectivity index (χ0) is 14.5. The van der Waals surface area contributed by atoms with Crippen molar-refractivity contribution in [1.82, 2.24) is 0 Å². The Morgan fingerprint density at radius 1 is 1.37 bits per heavy atom. The molecule has 3 nitrogen and oxygen atoms in total. The fraction of sp³-hybridized carbons (Fsp3) is 0.667. The molecular formula is C15H25NO2S. The number of unbranched alkanes of at least 4 members (excludes halogenated alkanes) is 1. The van der Waals surface area contributed by atoms with Crippen LogP contribution in [0.15, 0.2) is 12.1 Å². The summed E-state index contributed by atoms with van der Waals surface area (Å²) in [6, 6.07) is 4.39. The van der Waals surface area contributed by atoms with Crippen molar-refractivity contribution in [2.24, 2.45) is 5.73 Å². The third-order valence-corrected chi connectivity index (χ3v) is 4.75. The molecule has 0 spiro atoms. The Kier molecular flexibility index (Phi) is 6.01. The van der Waals surface area contributed by atoms with Gasteiger partial charge in [-0.1, -0.05) is 27.2 Å². The minimum absolute atomic E-state index is 0.0822. The molecule has 1 unspecified atom stereocenters. The molecule has 4 heteroatoms. The third kappa shape index (κ3) is 5.33. The topological polar surface area (TPSA) is 52.3 Å². The molecule has 1 aromatic rings. The third-order valence-electron chi connectivity index (χ3n) is 3.11. The standard InChI is InChI=1S/C15H25NO2S/c1-15(2,3)13-10-9-12(19-13)11(16)7-5-6-8-14(17)18-4/h9-11H,5-8,16H2,1-4H3. The van der Waals surface area contributed by atoms with Gasteiger partial charge >= 0.3 is 5.97 Å². The van der Waals surface area contributed by atoms with Crippen molar-refractivity contribution in [3.05, 3.63) is 21.9 Å². The predicted molar refractivity (Wildman–Crippen MR) is 80.4 cm³/mol. The Morgan fingerprint density at radius 2 is 2.05 bits per heavy atom. The van der Waals surface area contributed by atoms with Gasteiger partial charge in [0.15, 0.2) is 0 Å². The number of nitrogens with two attached hydrogens (primary N) is 1. The van der Waals surface area contributed by atoms with Gasteiger partial charge in [0.25, 0.3) is 0 Å². The number of rotatable bonds is 6. The molecule has 0 amide bonds. The van der Waals surface area contributed by atoms with Crippen molar-refractivity contribution >= 4 is 17.3 Å². The van der Waals surface area contributed by atoms with Gasteiger partial charge in [-0.25, -0.2) is 0 Å². The van der Waals surface area contributed by atoms with E-state index in [2.05, 4.69) is 37.6 Å². The number of thiophene rings is 1. The maximum Gasteiger partial charge on any atom is 0.305 e. The average Bonchev–Trinajstić information content (AvgIpc) is 2.83. The fourth-order valence-electron chi connectivity index (χ4n) is 1.83. The van der Waals surface area contributed by atoms with E-state index < -0.39 is 0 Å². The van der Waals surface area contributed by atoms with E-state index in [1.54, 1.807) is 11.3 Å². The molecule has 0 aromatic carbocycles. The van der Waals surface area contributed by atoms with Crippen LogP contribution in [0, 0.1) is 0 Å². The maximum absolute atomic E-state index is 11.0. The van der Waals surface area contributed by atoms with Gasteiger partial charge in [-0.15, -0.1) is 11.3 Å². The lowest BCUT2D eigenvalue weighted by Crippen LogP contribution is -2.09. The van der Waals surface area contributed by atoms with Crippen LogP contribution < -0.4 is 5.73 Å². The molecule has 1 atom stereocenters. The van der Waals surface area contributed by atoms with Gasteiger partial charge in [-0.05, 0) is 30.4 Å². The van der Waals surface area contributed by atoms with Crippen LogP contribution in [-0.2, 0) is 14.9 Å². The zero-order valence-corrected chi connectivity index (χ0v) is 13.2. The normalized spacial score (nSPS) is 13.3. The van der Waals surface area contributed by atoms with E-state index >= 15 is 0 Å². The molecule has 0 saturated carbocycles. The van der Waals surface area contributed by atoms with Gasteiger partial charge in [0.05, 0.1) is 7.11 Å². The highest BCUT2D eigenvalue weighted by Crippen LogP contribution is 2.32. The molecule has 2 N–H and O–H groups in total. The Bertz CT molecular complexity index is 407. The van der Waals surface area contributed by atoms with Crippen LogP contribution in [0.1, 0.15) is 62.3 Å². The second-order valence-electron chi connectivity index (χ2n) is 5.88. The summed E-state index contributed by atoms with van der Waals surface area (Å²) in [5.74, 6) is -0.139. The van der Waals surface area contributed by atoms with Gasteiger partial charge in [0, 0.05) is 22.2 Å². The highest BCUT2D eigenvalue weighted by Gasteiger charge is 2.18. The average molecular weight is 283 g/mol. The van der Waals surface area contributed by atoms with Crippen molar-refractivity contribution in [3.63, 3.8) is 0 Å². The first kappa shape index (κ1) is 16.2. The molecular weight excluding hydrogens is 258 g/mol. The first-order valence-corrected chi connectivity index (χ1v) is 7.59. The molecule has 0 radical (unpaired) electrons. The minimum atomic E-state index is -0.139. The fourth-order valence-corrected chi connectivity index (χ4v) is 2.93. The highest BCUT2D eigenvalue weighted by atomic mass is 32.1. The lowest BCUT2D eigenvalue weighted by atomic mass is 9.95. The summed E-state index contributed by atoms with van der Waals surface area (Å²) in [6.45, 7) is 6.64. The number of methoxy groups -OCH3 is 1. The zero-order valence-electron chi connectivity index (χ0n) is 12.4. The van der Waals surface area contributed by atoms with Crippen molar-refractivity contribution in [2.45, 2.75) is 57.9 Å². The van der Waals surface area contributed by atoms with Crippen molar-refractivity contribution in [2.75, 3.05) is 7.11 Å². The summed E-state index contributed by atoms with van der Waals surface area (Å²) < 4.78 is 4.61. The van der Waals surface area contributed by atoms with Crippen molar-refractivity contribution in [3.8, 4) is 0 Å². The largest absolute Gasteiger partial charge is 0.469 e. The smallest absolute Gasteiger partial charge is 0.305 e. The minimum Gasteiger partial charge on any atom is -0.469 e. The number of carbonyl (C=O) groups excluding carboxylic acids is 1. The molecule has 1 heterocycles. The number of esters is 1.